The number of benzene rings is 2. The van der Waals surface area contributed by atoms with Crippen LogP contribution in [0.2, 0.25) is 0 Å². The number of hydrogen-bond donors (Lipinski definition) is 3. The molecule has 0 radical (unpaired) electrons. The van der Waals surface area contributed by atoms with Crippen LogP contribution in [0.4, 0.5) is 17.3 Å². The highest BCUT2D eigenvalue weighted by Gasteiger charge is 2.13. The Morgan fingerprint density at radius 1 is 1.06 bits per heavy atom. The van der Waals surface area contributed by atoms with E-state index in [-0.39, 0.29) is 5.91 Å². The summed E-state index contributed by atoms with van der Waals surface area (Å²) >= 11 is 0. The molecule has 3 heterocycles. The van der Waals surface area contributed by atoms with Crippen LogP contribution in [-0.2, 0) is 6.54 Å². The fourth-order valence-electron chi connectivity index (χ4n) is 4.18. The highest BCUT2D eigenvalue weighted by molar-refractivity contribution is 6.04. The summed E-state index contributed by atoms with van der Waals surface area (Å²) in [6.45, 7) is 5.28. The maximum Gasteiger partial charge on any atom is 0.255 e. The van der Waals surface area contributed by atoms with E-state index < -0.39 is 0 Å². The molecule has 0 spiro atoms. The molecule has 2 aromatic carbocycles. The monoisotopic (exact) mass is 452 g/mol. The number of nitrogens with one attached hydrogen (secondary N) is 3. The van der Waals surface area contributed by atoms with Gasteiger partial charge in [-0.3, -0.25) is 14.7 Å². The number of aromatic nitrogens is 3. The van der Waals surface area contributed by atoms with Gasteiger partial charge in [-0.15, -0.1) is 0 Å². The number of rotatable bonds is 7. The Hall–Kier alpha value is -3.97. The van der Waals surface area contributed by atoms with Crippen LogP contribution in [0.1, 0.15) is 34.3 Å². The van der Waals surface area contributed by atoms with Crippen LogP contribution < -0.4 is 10.6 Å². The van der Waals surface area contributed by atoms with E-state index in [0.717, 1.165) is 47.8 Å². The van der Waals surface area contributed by atoms with Crippen LogP contribution in [0, 0.1) is 6.92 Å². The van der Waals surface area contributed by atoms with Gasteiger partial charge in [0, 0.05) is 41.4 Å². The summed E-state index contributed by atoms with van der Waals surface area (Å²) in [5, 5.41) is 6.32. The van der Waals surface area contributed by atoms with Gasteiger partial charge in [-0.2, -0.15) is 0 Å². The molecule has 1 amide bonds. The smallest absolute Gasteiger partial charge is 0.255 e. The molecule has 1 aliphatic rings. The first kappa shape index (κ1) is 21.9. The normalized spacial score (nSPS) is 13.7. The second-order valence-corrected chi connectivity index (χ2v) is 8.68. The number of nitrogens with zero attached hydrogens (tertiary/aromatic N) is 3. The Morgan fingerprint density at radius 2 is 1.88 bits per heavy atom. The Balaban J connectivity index is 1.24. The molecule has 7 nitrogen and oxygen atoms in total. The number of aryl methyl sites for hydroxylation is 1. The molecule has 3 N–H and O–H groups in total. The van der Waals surface area contributed by atoms with Crippen molar-refractivity contribution in [3.8, 4) is 11.3 Å². The lowest BCUT2D eigenvalue weighted by Gasteiger charge is -2.15. The summed E-state index contributed by atoms with van der Waals surface area (Å²) < 4.78 is 0. The number of pyridine rings is 1. The molecule has 0 saturated carbocycles. The summed E-state index contributed by atoms with van der Waals surface area (Å²) in [6.07, 6.45) is 7.86. The Kier molecular flexibility index (Phi) is 6.35. The van der Waals surface area contributed by atoms with Gasteiger partial charge in [-0.25, -0.2) is 4.98 Å². The second-order valence-electron chi connectivity index (χ2n) is 8.68. The van der Waals surface area contributed by atoms with E-state index in [4.69, 9.17) is 0 Å². The van der Waals surface area contributed by atoms with Crippen molar-refractivity contribution in [2.24, 2.45) is 0 Å². The second kappa shape index (κ2) is 9.89. The average Bonchev–Trinajstić information content (AvgIpc) is 3.55. The first-order valence-corrected chi connectivity index (χ1v) is 11.6. The van der Waals surface area contributed by atoms with E-state index in [2.05, 4.69) is 30.5 Å². The standard InChI is InChI=1S/C27H28N6O/c1-19-6-11-23(15-24(19)31-27-29-17-25(32-27)22-5-4-12-28-16-22)30-26(34)21-9-7-20(8-10-21)18-33-13-2-3-14-33/h4-12,15-17H,2-3,13-14,18H2,1H3,(H,30,34)(H2,29,31,32). The zero-order valence-electron chi connectivity index (χ0n) is 19.2. The lowest BCUT2D eigenvalue weighted by Crippen LogP contribution is -2.18. The zero-order chi connectivity index (χ0) is 23.3. The third-order valence-electron chi connectivity index (χ3n) is 6.12. The van der Waals surface area contributed by atoms with Crippen molar-refractivity contribution in [1.29, 1.82) is 0 Å². The molecule has 0 aliphatic carbocycles. The fraction of sp³-hybridized carbons (Fsp3) is 0.222. The maximum absolute atomic E-state index is 12.8. The molecular weight excluding hydrogens is 424 g/mol. The minimum Gasteiger partial charge on any atom is -0.325 e. The molecular formula is C27H28N6O. The predicted octanol–water partition coefficient (Wildman–Crippen LogP) is 5.37. The van der Waals surface area contributed by atoms with E-state index >= 15 is 0 Å². The summed E-state index contributed by atoms with van der Waals surface area (Å²) in [4.78, 5) is 27.1. The predicted molar refractivity (Wildman–Crippen MR) is 135 cm³/mol. The molecule has 2 aromatic heterocycles. The highest BCUT2D eigenvalue weighted by atomic mass is 16.1. The van der Waals surface area contributed by atoms with Crippen LogP contribution in [0.15, 0.2) is 73.2 Å². The van der Waals surface area contributed by atoms with Gasteiger partial charge in [0.05, 0.1) is 11.9 Å². The molecule has 5 rings (SSSR count). The third-order valence-corrected chi connectivity index (χ3v) is 6.12. The largest absolute Gasteiger partial charge is 0.325 e. The molecule has 1 aliphatic heterocycles. The van der Waals surface area contributed by atoms with E-state index in [1.807, 2.05) is 61.5 Å². The van der Waals surface area contributed by atoms with Gasteiger partial charge in [0.2, 0.25) is 5.95 Å². The molecule has 172 valence electrons. The topological polar surface area (TPSA) is 85.9 Å². The number of likely N-dealkylation sites (tertiary alicyclic amines) is 1. The van der Waals surface area contributed by atoms with Gasteiger partial charge >= 0.3 is 0 Å². The van der Waals surface area contributed by atoms with E-state index in [9.17, 15) is 4.79 Å². The van der Waals surface area contributed by atoms with Crippen LogP contribution in [0.3, 0.4) is 0 Å². The van der Waals surface area contributed by atoms with Gasteiger partial charge in [0.15, 0.2) is 0 Å². The van der Waals surface area contributed by atoms with E-state index in [1.54, 1.807) is 18.6 Å². The van der Waals surface area contributed by atoms with Crippen molar-refractivity contribution in [3.05, 3.63) is 89.9 Å². The minimum atomic E-state index is -0.126. The van der Waals surface area contributed by atoms with Crippen LogP contribution >= 0.6 is 0 Å². The fourth-order valence-corrected chi connectivity index (χ4v) is 4.18. The molecule has 34 heavy (non-hydrogen) atoms. The summed E-state index contributed by atoms with van der Waals surface area (Å²) in [5.41, 5.74) is 6.36. The maximum atomic E-state index is 12.8. The Bertz CT molecular complexity index is 1260. The molecule has 0 atom stereocenters. The summed E-state index contributed by atoms with van der Waals surface area (Å²) in [5.74, 6) is 0.499. The van der Waals surface area contributed by atoms with Crippen molar-refractivity contribution in [2.45, 2.75) is 26.3 Å². The number of amides is 1. The summed E-state index contributed by atoms with van der Waals surface area (Å²) in [6, 6.07) is 17.6. The zero-order valence-corrected chi connectivity index (χ0v) is 19.2. The van der Waals surface area contributed by atoms with Gasteiger partial charge in [-0.1, -0.05) is 18.2 Å². The lowest BCUT2D eigenvalue weighted by molar-refractivity contribution is 0.102. The van der Waals surface area contributed by atoms with Crippen LogP contribution in [0.5, 0.6) is 0 Å². The molecule has 0 unspecified atom stereocenters. The Labute approximate surface area is 199 Å². The SMILES string of the molecule is Cc1ccc(NC(=O)c2ccc(CN3CCCC3)cc2)cc1Nc1ncc(-c2cccnc2)[nH]1. The van der Waals surface area contributed by atoms with Gasteiger partial charge in [0.1, 0.15) is 0 Å². The number of imidazole rings is 1. The molecule has 7 heteroatoms. The number of aromatic amines is 1. The first-order valence-electron chi connectivity index (χ1n) is 11.6. The van der Waals surface area contributed by atoms with E-state index in [0.29, 0.717) is 11.5 Å². The summed E-state index contributed by atoms with van der Waals surface area (Å²) in [7, 11) is 0. The van der Waals surface area contributed by atoms with Gasteiger partial charge in [-0.05, 0) is 80.4 Å². The average molecular weight is 453 g/mol. The van der Waals surface area contributed by atoms with Crippen molar-refractivity contribution in [2.75, 3.05) is 23.7 Å². The minimum absolute atomic E-state index is 0.126. The number of hydrogen-bond acceptors (Lipinski definition) is 5. The number of anilines is 3. The third kappa shape index (κ3) is 5.15. The van der Waals surface area contributed by atoms with Gasteiger partial charge in [0.25, 0.3) is 5.91 Å². The molecule has 0 bridgehead atoms. The van der Waals surface area contributed by atoms with Gasteiger partial charge < -0.3 is 15.6 Å². The van der Waals surface area contributed by atoms with Crippen LogP contribution in [-0.4, -0.2) is 38.8 Å². The number of H-pyrrole nitrogens is 1. The highest BCUT2D eigenvalue weighted by Crippen LogP contribution is 2.25. The molecule has 1 fully saturated rings. The quantitative estimate of drug-likeness (QED) is 0.351. The number of carbonyl (C=O) groups is 1. The van der Waals surface area contributed by atoms with Crippen molar-refractivity contribution >= 4 is 23.2 Å². The lowest BCUT2D eigenvalue weighted by atomic mass is 10.1. The van der Waals surface area contributed by atoms with E-state index in [1.165, 1.54) is 18.4 Å². The molecule has 1 saturated heterocycles. The molecule has 4 aromatic rings. The first-order chi connectivity index (χ1) is 16.6. The van der Waals surface area contributed by atoms with Crippen LogP contribution in [0.25, 0.3) is 11.3 Å². The number of carbonyl (C=O) groups excluding carboxylic acids is 1. The van der Waals surface area contributed by atoms with Crippen molar-refractivity contribution < 1.29 is 4.79 Å². The van der Waals surface area contributed by atoms with Crippen molar-refractivity contribution in [1.82, 2.24) is 19.9 Å². The van der Waals surface area contributed by atoms with Crippen molar-refractivity contribution in [3.63, 3.8) is 0 Å². The Morgan fingerprint density at radius 3 is 2.65 bits per heavy atom.